The van der Waals surface area contributed by atoms with E-state index in [2.05, 4.69) is 10.6 Å². The van der Waals surface area contributed by atoms with Gasteiger partial charge in [0.2, 0.25) is 10.0 Å². The highest BCUT2D eigenvalue weighted by Crippen LogP contribution is 2.17. The Morgan fingerprint density at radius 2 is 1.66 bits per heavy atom. The van der Waals surface area contributed by atoms with E-state index in [0.717, 1.165) is 17.7 Å². The second-order valence-corrected chi connectivity index (χ2v) is 8.39. The van der Waals surface area contributed by atoms with E-state index in [1.54, 1.807) is 32.9 Å². The molecule has 2 aromatic carbocycles. The summed E-state index contributed by atoms with van der Waals surface area (Å²) in [4.78, 5) is 12.2. The van der Waals surface area contributed by atoms with Crippen LogP contribution in [0, 0.1) is 11.6 Å². The van der Waals surface area contributed by atoms with Crippen LogP contribution in [-0.2, 0) is 16.6 Å². The van der Waals surface area contributed by atoms with Crippen LogP contribution in [0.5, 0.6) is 0 Å². The van der Waals surface area contributed by atoms with Gasteiger partial charge in [0.15, 0.2) is 11.6 Å². The first kappa shape index (κ1) is 22.8. The van der Waals surface area contributed by atoms with E-state index in [9.17, 15) is 22.0 Å². The standard InChI is InChI=1S/C20H25F2N3O3S/c1-4-25(5-2)29(27,28)17-9-6-15(7-10-17)13-23-20(26)24-14(3)16-8-11-18(21)19(22)12-16/h6-12,14H,4-5,13H2,1-3H3,(H2,23,24,26)/t14-/m0/s1. The van der Waals surface area contributed by atoms with Crippen LogP contribution in [0.2, 0.25) is 0 Å². The van der Waals surface area contributed by atoms with Crippen LogP contribution in [0.3, 0.4) is 0 Å². The summed E-state index contributed by atoms with van der Waals surface area (Å²) in [5, 5.41) is 5.29. The highest BCUT2D eigenvalue weighted by atomic mass is 32.2. The fourth-order valence-corrected chi connectivity index (χ4v) is 4.24. The van der Waals surface area contributed by atoms with E-state index >= 15 is 0 Å². The van der Waals surface area contributed by atoms with Gasteiger partial charge in [0.1, 0.15) is 0 Å². The van der Waals surface area contributed by atoms with Gasteiger partial charge in [0, 0.05) is 19.6 Å². The van der Waals surface area contributed by atoms with Crippen molar-refractivity contribution in [2.24, 2.45) is 0 Å². The normalized spacial score (nSPS) is 12.6. The average Bonchev–Trinajstić information content (AvgIpc) is 2.69. The monoisotopic (exact) mass is 425 g/mol. The van der Waals surface area contributed by atoms with E-state index < -0.39 is 33.7 Å². The maximum absolute atomic E-state index is 13.3. The predicted molar refractivity (Wildman–Crippen MR) is 107 cm³/mol. The molecule has 0 aliphatic rings. The van der Waals surface area contributed by atoms with E-state index in [4.69, 9.17) is 0 Å². The molecule has 9 heteroatoms. The summed E-state index contributed by atoms with van der Waals surface area (Å²) in [6.07, 6.45) is 0. The van der Waals surface area contributed by atoms with Crippen LogP contribution in [0.1, 0.15) is 37.9 Å². The number of hydrogen-bond donors (Lipinski definition) is 2. The molecule has 0 unspecified atom stereocenters. The molecule has 0 saturated heterocycles. The lowest BCUT2D eigenvalue weighted by molar-refractivity contribution is 0.237. The Hall–Kier alpha value is -2.52. The lowest BCUT2D eigenvalue weighted by Crippen LogP contribution is -2.36. The number of carbonyl (C=O) groups is 1. The minimum absolute atomic E-state index is 0.182. The second-order valence-electron chi connectivity index (χ2n) is 6.46. The number of carbonyl (C=O) groups excluding carboxylic acids is 1. The smallest absolute Gasteiger partial charge is 0.315 e. The quantitative estimate of drug-likeness (QED) is 0.679. The molecule has 0 saturated carbocycles. The van der Waals surface area contributed by atoms with Crippen LogP contribution in [0.4, 0.5) is 13.6 Å². The first-order chi connectivity index (χ1) is 13.7. The maximum atomic E-state index is 13.3. The first-order valence-electron chi connectivity index (χ1n) is 9.27. The average molecular weight is 426 g/mol. The zero-order chi connectivity index (χ0) is 21.6. The van der Waals surface area contributed by atoms with Crippen molar-refractivity contribution in [2.75, 3.05) is 13.1 Å². The number of halogens is 2. The van der Waals surface area contributed by atoms with Gasteiger partial charge in [-0.3, -0.25) is 0 Å². The van der Waals surface area contributed by atoms with Crippen molar-refractivity contribution in [1.82, 2.24) is 14.9 Å². The molecule has 2 N–H and O–H groups in total. The van der Waals surface area contributed by atoms with Gasteiger partial charge in [0.05, 0.1) is 10.9 Å². The summed E-state index contributed by atoms with van der Waals surface area (Å²) in [5.74, 6) is -1.92. The van der Waals surface area contributed by atoms with Gasteiger partial charge in [-0.25, -0.2) is 22.0 Å². The predicted octanol–water partition coefficient (Wildman–Crippen LogP) is 3.56. The highest BCUT2D eigenvalue weighted by molar-refractivity contribution is 7.89. The Balaban J connectivity index is 1.94. The molecule has 1 atom stereocenters. The van der Waals surface area contributed by atoms with Crippen LogP contribution in [0.25, 0.3) is 0 Å². The van der Waals surface area contributed by atoms with Crippen molar-refractivity contribution < 1.29 is 22.0 Å². The number of nitrogens with zero attached hydrogens (tertiary/aromatic N) is 1. The largest absolute Gasteiger partial charge is 0.334 e. The first-order valence-corrected chi connectivity index (χ1v) is 10.7. The summed E-state index contributed by atoms with van der Waals surface area (Å²) in [6.45, 7) is 6.16. The third-order valence-corrected chi connectivity index (χ3v) is 6.57. The van der Waals surface area contributed by atoms with Gasteiger partial charge in [-0.2, -0.15) is 4.31 Å². The Bertz CT molecular complexity index is 946. The minimum atomic E-state index is -3.53. The molecule has 0 bridgehead atoms. The molecule has 6 nitrogen and oxygen atoms in total. The number of rotatable bonds is 8. The Labute approximate surface area is 170 Å². The molecule has 2 aromatic rings. The van der Waals surface area contributed by atoms with Gasteiger partial charge in [-0.05, 0) is 42.3 Å². The van der Waals surface area contributed by atoms with Crippen molar-refractivity contribution in [3.05, 3.63) is 65.2 Å². The number of sulfonamides is 1. The maximum Gasteiger partial charge on any atom is 0.315 e. The molecule has 2 rings (SSSR count). The van der Waals surface area contributed by atoms with Crippen LogP contribution in [-0.4, -0.2) is 31.8 Å². The minimum Gasteiger partial charge on any atom is -0.334 e. The summed E-state index contributed by atoms with van der Waals surface area (Å²) in [5.41, 5.74) is 1.16. The van der Waals surface area contributed by atoms with E-state index in [1.165, 1.54) is 22.5 Å². The van der Waals surface area contributed by atoms with E-state index in [1.807, 2.05) is 0 Å². The number of nitrogens with one attached hydrogen (secondary N) is 2. The second kappa shape index (κ2) is 9.80. The number of hydrogen-bond acceptors (Lipinski definition) is 3. The highest BCUT2D eigenvalue weighted by Gasteiger charge is 2.21. The molecule has 0 aliphatic carbocycles. The summed E-state index contributed by atoms with van der Waals surface area (Å²) in [7, 11) is -3.53. The molecule has 0 spiro atoms. The van der Waals surface area contributed by atoms with Crippen molar-refractivity contribution in [1.29, 1.82) is 0 Å². The number of urea groups is 1. The number of amides is 2. The molecule has 0 aliphatic heterocycles. The van der Waals surface area contributed by atoms with Crippen LogP contribution in [0.15, 0.2) is 47.4 Å². The molecule has 0 aromatic heterocycles. The molecular formula is C20H25F2N3O3S. The third kappa shape index (κ3) is 5.74. The fraction of sp³-hybridized carbons (Fsp3) is 0.350. The van der Waals surface area contributed by atoms with Crippen molar-refractivity contribution in [2.45, 2.75) is 38.3 Å². The molecule has 0 radical (unpaired) electrons. The van der Waals surface area contributed by atoms with Crippen molar-refractivity contribution >= 4 is 16.1 Å². The lowest BCUT2D eigenvalue weighted by atomic mass is 10.1. The van der Waals surface area contributed by atoms with Crippen molar-refractivity contribution in [3.63, 3.8) is 0 Å². The zero-order valence-electron chi connectivity index (χ0n) is 16.6. The molecule has 2 amide bonds. The fourth-order valence-electron chi connectivity index (χ4n) is 2.79. The van der Waals surface area contributed by atoms with E-state index in [0.29, 0.717) is 18.7 Å². The van der Waals surface area contributed by atoms with Gasteiger partial charge in [-0.1, -0.05) is 32.0 Å². The van der Waals surface area contributed by atoms with Gasteiger partial charge >= 0.3 is 6.03 Å². The Morgan fingerprint density at radius 1 is 1.03 bits per heavy atom. The molecule has 158 valence electrons. The lowest BCUT2D eigenvalue weighted by Gasteiger charge is -2.18. The van der Waals surface area contributed by atoms with E-state index in [-0.39, 0.29) is 11.4 Å². The van der Waals surface area contributed by atoms with Crippen LogP contribution >= 0.6 is 0 Å². The SMILES string of the molecule is CCN(CC)S(=O)(=O)c1ccc(CNC(=O)N[C@@H](C)c2ccc(F)c(F)c2)cc1. The summed E-state index contributed by atoms with van der Waals surface area (Å²) in [6, 6.07) is 8.72. The molecule has 29 heavy (non-hydrogen) atoms. The summed E-state index contributed by atoms with van der Waals surface area (Å²) >= 11 is 0. The Morgan fingerprint density at radius 3 is 2.21 bits per heavy atom. The van der Waals surface area contributed by atoms with Crippen LogP contribution < -0.4 is 10.6 Å². The molecule has 0 heterocycles. The van der Waals surface area contributed by atoms with Gasteiger partial charge in [-0.15, -0.1) is 0 Å². The van der Waals surface area contributed by atoms with Gasteiger partial charge < -0.3 is 10.6 Å². The van der Waals surface area contributed by atoms with Gasteiger partial charge in [0.25, 0.3) is 0 Å². The number of benzene rings is 2. The zero-order valence-corrected chi connectivity index (χ0v) is 17.4. The molecular weight excluding hydrogens is 400 g/mol. The topological polar surface area (TPSA) is 78.5 Å². The van der Waals surface area contributed by atoms with Crippen molar-refractivity contribution in [3.8, 4) is 0 Å². The molecule has 0 fully saturated rings. The Kier molecular flexibility index (Phi) is 7.69. The third-order valence-electron chi connectivity index (χ3n) is 4.51. The summed E-state index contributed by atoms with van der Waals surface area (Å²) < 4.78 is 52.6.